The quantitative estimate of drug-likeness (QED) is 0.623. The highest BCUT2D eigenvalue weighted by atomic mass is 127. The van der Waals surface area contributed by atoms with Crippen molar-refractivity contribution in [2.75, 3.05) is 6.54 Å². The first-order valence-electron chi connectivity index (χ1n) is 7.03. The molecule has 0 saturated heterocycles. The summed E-state index contributed by atoms with van der Waals surface area (Å²) >= 11 is 8.04. The first-order chi connectivity index (χ1) is 10.1. The Balaban J connectivity index is 2.19. The van der Waals surface area contributed by atoms with Gasteiger partial charge in [0.25, 0.3) is 0 Å². The van der Waals surface area contributed by atoms with Crippen LogP contribution in [0.3, 0.4) is 0 Å². The average Bonchev–Trinajstić information content (AvgIpc) is 2.48. The lowest BCUT2D eigenvalue weighted by Crippen LogP contribution is -2.24. The summed E-state index contributed by atoms with van der Waals surface area (Å²) in [6.07, 6.45) is 1.81. The lowest BCUT2D eigenvalue weighted by atomic mass is 9.98. The van der Waals surface area contributed by atoms with Gasteiger partial charge >= 0.3 is 0 Å². The smallest absolute Gasteiger partial charge is 0.142 e. The van der Waals surface area contributed by atoms with Crippen molar-refractivity contribution in [2.45, 2.75) is 25.8 Å². The van der Waals surface area contributed by atoms with Crippen LogP contribution >= 0.6 is 34.2 Å². The molecule has 0 radical (unpaired) electrons. The Morgan fingerprint density at radius 1 is 1.19 bits per heavy atom. The van der Waals surface area contributed by atoms with E-state index in [4.69, 9.17) is 11.6 Å². The maximum Gasteiger partial charge on any atom is 0.142 e. The summed E-state index contributed by atoms with van der Waals surface area (Å²) in [5, 5.41) is 3.70. The van der Waals surface area contributed by atoms with Crippen molar-refractivity contribution in [3.8, 4) is 0 Å². The molecular formula is C17H18ClFIN. The molecule has 0 saturated carbocycles. The van der Waals surface area contributed by atoms with Crippen molar-refractivity contribution in [1.82, 2.24) is 5.32 Å². The summed E-state index contributed by atoms with van der Waals surface area (Å²) < 4.78 is 14.8. The minimum absolute atomic E-state index is 0.172. The number of nitrogens with one attached hydrogen (secondary N) is 1. The Morgan fingerprint density at radius 3 is 2.52 bits per heavy atom. The van der Waals surface area contributed by atoms with E-state index in [1.165, 1.54) is 15.2 Å². The van der Waals surface area contributed by atoms with Gasteiger partial charge in [-0.25, -0.2) is 4.39 Å². The second-order valence-electron chi connectivity index (χ2n) is 5.01. The molecule has 1 atom stereocenters. The maximum absolute atomic E-state index is 13.6. The van der Waals surface area contributed by atoms with Crippen molar-refractivity contribution in [1.29, 1.82) is 0 Å². The third-order valence-electron chi connectivity index (χ3n) is 3.34. The number of benzene rings is 2. The highest BCUT2D eigenvalue weighted by molar-refractivity contribution is 14.1. The van der Waals surface area contributed by atoms with Gasteiger partial charge in [-0.3, -0.25) is 0 Å². The molecule has 1 N–H and O–H groups in total. The number of hydrogen-bond donors (Lipinski definition) is 1. The van der Waals surface area contributed by atoms with Gasteiger partial charge in [-0.05, 0) is 77.4 Å². The van der Waals surface area contributed by atoms with Crippen molar-refractivity contribution in [3.63, 3.8) is 0 Å². The fourth-order valence-electron chi connectivity index (χ4n) is 2.22. The van der Waals surface area contributed by atoms with Crippen molar-refractivity contribution >= 4 is 34.2 Å². The number of rotatable bonds is 6. The van der Waals surface area contributed by atoms with Crippen LogP contribution in [0.4, 0.5) is 4.39 Å². The summed E-state index contributed by atoms with van der Waals surface area (Å²) in [7, 11) is 0. The van der Waals surface area contributed by atoms with Crippen molar-refractivity contribution in [3.05, 3.63) is 68.0 Å². The average molecular weight is 418 g/mol. The van der Waals surface area contributed by atoms with Gasteiger partial charge in [0.1, 0.15) is 5.82 Å². The van der Waals surface area contributed by atoms with Crippen LogP contribution in [0.2, 0.25) is 5.02 Å². The minimum Gasteiger partial charge on any atom is -0.310 e. The van der Waals surface area contributed by atoms with Crippen LogP contribution in [0.5, 0.6) is 0 Å². The van der Waals surface area contributed by atoms with E-state index in [1.807, 2.05) is 6.07 Å². The molecule has 1 nitrogen and oxygen atoms in total. The van der Waals surface area contributed by atoms with E-state index >= 15 is 0 Å². The Kier molecular flexibility index (Phi) is 6.45. The fourth-order valence-corrected chi connectivity index (χ4v) is 2.70. The van der Waals surface area contributed by atoms with Crippen LogP contribution in [-0.4, -0.2) is 6.54 Å². The van der Waals surface area contributed by atoms with Gasteiger partial charge in [-0.2, -0.15) is 0 Å². The molecule has 1 unspecified atom stereocenters. The summed E-state index contributed by atoms with van der Waals surface area (Å²) in [5.41, 5.74) is 2.17. The van der Waals surface area contributed by atoms with Crippen LogP contribution < -0.4 is 5.32 Å². The fraction of sp³-hybridized carbons (Fsp3) is 0.294. The molecule has 0 aromatic heterocycles. The summed E-state index contributed by atoms with van der Waals surface area (Å²) in [6, 6.07) is 13.7. The van der Waals surface area contributed by atoms with Crippen LogP contribution in [0.15, 0.2) is 42.5 Å². The molecule has 112 valence electrons. The normalized spacial score (nSPS) is 12.4. The Labute approximate surface area is 144 Å². The Morgan fingerprint density at radius 2 is 1.90 bits per heavy atom. The predicted molar refractivity (Wildman–Crippen MR) is 95.3 cm³/mol. The third-order valence-corrected chi connectivity index (χ3v) is 4.36. The van der Waals surface area contributed by atoms with Gasteiger partial charge in [0, 0.05) is 9.61 Å². The SMILES string of the molecule is CCCNC(Cc1ccc(Cl)c(F)c1)c1ccc(I)cc1. The zero-order valence-electron chi connectivity index (χ0n) is 11.9. The monoisotopic (exact) mass is 417 g/mol. The molecule has 0 spiro atoms. The maximum atomic E-state index is 13.6. The molecule has 0 amide bonds. The van der Waals surface area contributed by atoms with Crippen molar-refractivity contribution in [2.24, 2.45) is 0 Å². The molecule has 4 heteroatoms. The molecule has 0 bridgehead atoms. The largest absolute Gasteiger partial charge is 0.310 e. The van der Waals surface area contributed by atoms with Gasteiger partial charge in [0.15, 0.2) is 0 Å². The van der Waals surface area contributed by atoms with Crippen LogP contribution in [0, 0.1) is 9.39 Å². The van der Waals surface area contributed by atoms with E-state index in [0.29, 0.717) is 0 Å². The predicted octanol–water partition coefficient (Wildman–Crippen LogP) is 5.37. The standard InChI is InChI=1S/C17H18ClFIN/c1-2-9-21-17(13-4-6-14(20)7-5-13)11-12-3-8-15(18)16(19)10-12/h3-8,10,17,21H,2,9,11H2,1H3. The van der Waals surface area contributed by atoms with E-state index in [0.717, 1.165) is 24.9 Å². The first-order valence-corrected chi connectivity index (χ1v) is 8.48. The van der Waals surface area contributed by atoms with Crippen molar-refractivity contribution < 1.29 is 4.39 Å². The minimum atomic E-state index is -0.356. The first kappa shape index (κ1) is 16.7. The van der Waals surface area contributed by atoms with E-state index in [2.05, 4.69) is 59.1 Å². The molecule has 0 aliphatic carbocycles. The lowest BCUT2D eigenvalue weighted by Gasteiger charge is -2.19. The lowest BCUT2D eigenvalue weighted by molar-refractivity contribution is 0.527. The van der Waals surface area contributed by atoms with Gasteiger partial charge in [-0.15, -0.1) is 0 Å². The number of hydrogen-bond acceptors (Lipinski definition) is 1. The van der Waals surface area contributed by atoms with E-state index in [1.54, 1.807) is 6.07 Å². The van der Waals surface area contributed by atoms with Gasteiger partial charge in [-0.1, -0.05) is 36.7 Å². The van der Waals surface area contributed by atoms with Crippen LogP contribution in [0.1, 0.15) is 30.5 Å². The molecule has 0 aliphatic heterocycles. The molecule has 0 heterocycles. The topological polar surface area (TPSA) is 12.0 Å². The molecule has 0 fully saturated rings. The van der Waals surface area contributed by atoms with E-state index < -0.39 is 0 Å². The summed E-state index contributed by atoms with van der Waals surface area (Å²) in [4.78, 5) is 0. The number of halogens is 3. The van der Waals surface area contributed by atoms with Gasteiger partial charge in [0.05, 0.1) is 5.02 Å². The molecule has 2 rings (SSSR count). The van der Waals surface area contributed by atoms with E-state index in [-0.39, 0.29) is 16.9 Å². The van der Waals surface area contributed by atoms with Crippen LogP contribution in [0.25, 0.3) is 0 Å². The third kappa shape index (κ3) is 4.94. The molecule has 2 aromatic rings. The highest BCUT2D eigenvalue weighted by Crippen LogP contribution is 2.22. The zero-order valence-corrected chi connectivity index (χ0v) is 14.8. The Hall–Kier alpha value is -0.650. The highest BCUT2D eigenvalue weighted by Gasteiger charge is 2.12. The second kappa shape index (κ2) is 8.11. The second-order valence-corrected chi connectivity index (χ2v) is 6.66. The van der Waals surface area contributed by atoms with Gasteiger partial charge in [0.2, 0.25) is 0 Å². The Bertz CT molecular complexity index is 586. The molecular weight excluding hydrogens is 400 g/mol. The van der Waals surface area contributed by atoms with Crippen LogP contribution in [-0.2, 0) is 6.42 Å². The zero-order chi connectivity index (χ0) is 15.2. The van der Waals surface area contributed by atoms with Gasteiger partial charge < -0.3 is 5.32 Å². The molecule has 21 heavy (non-hydrogen) atoms. The summed E-state index contributed by atoms with van der Waals surface area (Å²) in [6.45, 7) is 3.08. The summed E-state index contributed by atoms with van der Waals surface area (Å²) in [5.74, 6) is -0.356. The molecule has 0 aliphatic rings. The van der Waals surface area contributed by atoms with E-state index in [9.17, 15) is 4.39 Å². The molecule has 2 aromatic carbocycles.